The maximum Gasteiger partial charge on any atom is 0.271 e. The van der Waals surface area contributed by atoms with E-state index in [9.17, 15) is 9.59 Å². The molecule has 2 aromatic rings. The van der Waals surface area contributed by atoms with Crippen molar-refractivity contribution in [2.45, 2.75) is 31.7 Å². The van der Waals surface area contributed by atoms with E-state index in [0.717, 1.165) is 44.6 Å². The average molecular weight is 324 g/mol. The van der Waals surface area contributed by atoms with Crippen LogP contribution in [0.4, 0.5) is 5.82 Å². The van der Waals surface area contributed by atoms with E-state index in [2.05, 4.69) is 15.3 Å². The van der Waals surface area contributed by atoms with Crippen LogP contribution >= 0.6 is 0 Å². The smallest absolute Gasteiger partial charge is 0.271 e. The summed E-state index contributed by atoms with van der Waals surface area (Å²) in [5, 5.41) is 7.44. The molecule has 2 heterocycles. The Hall–Kier alpha value is -2.63. The molecule has 0 unspecified atom stereocenters. The number of carbonyl (C=O) groups excluding carboxylic acids is 1. The SMILES string of the molecule is O=C(NC1CC1)c1ccc(-n2nc(N3CCCC3)ccc2=O)cc1. The lowest BCUT2D eigenvalue weighted by Gasteiger charge is -2.17. The largest absolute Gasteiger partial charge is 0.355 e. The van der Waals surface area contributed by atoms with E-state index < -0.39 is 0 Å². The third-order valence-corrected chi connectivity index (χ3v) is 4.50. The number of hydrogen-bond acceptors (Lipinski definition) is 4. The van der Waals surface area contributed by atoms with E-state index in [1.165, 1.54) is 4.68 Å². The minimum atomic E-state index is -0.173. The fourth-order valence-electron chi connectivity index (χ4n) is 2.95. The van der Waals surface area contributed by atoms with Gasteiger partial charge in [-0.25, -0.2) is 0 Å². The lowest BCUT2D eigenvalue weighted by atomic mass is 10.2. The van der Waals surface area contributed by atoms with Crippen molar-refractivity contribution in [3.05, 3.63) is 52.3 Å². The zero-order valence-electron chi connectivity index (χ0n) is 13.4. The highest BCUT2D eigenvalue weighted by atomic mass is 16.2. The Kier molecular flexibility index (Phi) is 3.80. The number of carbonyl (C=O) groups is 1. The quantitative estimate of drug-likeness (QED) is 0.930. The molecule has 6 nitrogen and oxygen atoms in total. The van der Waals surface area contributed by atoms with Gasteiger partial charge in [-0.2, -0.15) is 4.68 Å². The number of hydrogen-bond donors (Lipinski definition) is 1. The topological polar surface area (TPSA) is 67.2 Å². The second-order valence-corrected chi connectivity index (χ2v) is 6.43. The van der Waals surface area contributed by atoms with Gasteiger partial charge < -0.3 is 10.2 Å². The second-order valence-electron chi connectivity index (χ2n) is 6.43. The van der Waals surface area contributed by atoms with Crippen LogP contribution in [0.15, 0.2) is 41.2 Å². The summed E-state index contributed by atoms with van der Waals surface area (Å²) in [7, 11) is 0. The van der Waals surface area contributed by atoms with Crippen LogP contribution in [0.3, 0.4) is 0 Å². The Morgan fingerprint density at radius 3 is 2.42 bits per heavy atom. The fourth-order valence-corrected chi connectivity index (χ4v) is 2.95. The van der Waals surface area contributed by atoms with Crippen LogP contribution in [0.5, 0.6) is 0 Å². The van der Waals surface area contributed by atoms with Crippen LogP contribution in [-0.4, -0.2) is 34.8 Å². The molecule has 1 aliphatic carbocycles. The minimum Gasteiger partial charge on any atom is -0.355 e. The van der Waals surface area contributed by atoms with Crippen molar-refractivity contribution in [1.29, 1.82) is 0 Å². The molecule has 1 N–H and O–H groups in total. The Balaban J connectivity index is 1.59. The molecule has 1 saturated carbocycles. The average Bonchev–Trinajstić information content (AvgIpc) is 3.24. The van der Waals surface area contributed by atoms with Gasteiger partial charge in [0.25, 0.3) is 11.5 Å². The normalized spacial score (nSPS) is 17.1. The predicted octanol–water partition coefficient (Wildman–Crippen LogP) is 1.72. The first-order valence-corrected chi connectivity index (χ1v) is 8.47. The molecule has 1 amide bonds. The molecule has 124 valence electrons. The van der Waals surface area contributed by atoms with Crippen LogP contribution in [0.1, 0.15) is 36.0 Å². The molecule has 0 radical (unpaired) electrons. The molecule has 1 aliphatic heterocycles. The zero-order valence-corrected chi connectivity index (χ0v) is 13.4. The van der Waals surface area contributed by atoms with Crippen molar-refractivity contribution in [2.75, 3.05) is 18.0 Å². The molecular formula is C18H20N4O2. The number of benzene rings is 1. The first kappa shape index (κ1) is 14.9. The first-order valence-electron chi connectivity index (χ1n) is 8.47. The van der Waals surface area contributed by atoms with Gasteiger partial charge >= 0.3 is 0 Å². The van der Waals surface area contributed by atoms with E-state index in [0.29, 0.717) is 17.3 Å². The van der Waals surface area contributed by atoms with Crippen LogP contribution in [0, 0.1) is 0 Å². The van der Waals surface area contributed by atoms with Gasteiger partial charge in [0.1, 0.15) is 5.82 Å². The van der Waals surface area contributed by atoms with Crippen molar-refractivity contribution >= 4 is 11.7 Å². The number of rotatable bonds is 4. The van der Waals surface area contributed by atoms with E-state index in [4.69, 9.17) is 0 Å². The molecule has 2 fully saturated rings. The van der Waals surface area contributed by atoms with Crippen LogP contribution in [-0.2, 0) is 0 Å². The summed E-state index contributed by atoms with van der Waals surface area (Å²) in [6.45, 7) is 1.96. The molecular weight excluding hydrogens is 304 g/mol. The van der Waals surface area contributed by atoms with E-state index in [-0.39, 0.29) is 11.5 Å². The highest BCUT2D eigenvalue weighted by Gasteiger charge is 2.23. The summed E-state index contributed by atoms with van der Waals surface area (Å²) in [6, 6.07) is 10.7. The monoisotopic (exact) mass is 324 g/mol. The third kappa shape index (κ3) is 3.04. The summed E-state index contributed by atoms with van der Waals surface area (Å²) < 4.78 is 1.40. The van der Waals surface area contributed by atoms with Crippen molar-refractivity contribution < 1.29 is 4.79 Å². The summed E-state index contributed by atoms with van der Waals surface area (Å²) >= 11 is 0. The van der Waals surface area contributed by atoms with Gasteiger partial charge in [-0.05, 0) is 56.0 Å². The Labute approximate surface area is 140 Å². The molecule has 4 rings (SSSR count). The Morgan fingerprint density at radius 1 is 1.04 bits per heavy atom. The molecule has 1 saturated heterocycles. The number of nitrogens with zero attached hydrogens (tertiary/aromatic N) is 3. The second kappa shape index (κ2) is 6.11. The van der Waals surface area contributed by atoms with Crippen LogP contribution in [0.25, 0.3) is 5.69 Å². The number of amides is 1. The number of anilines is 1. The number of nitrogens with one attached hydrogen (secondary N) is 1. The molecule has 1 aromatic heterocycles. The molecule has 1 aromatic carbocycles. The van der Waals surface area contributed by atoms with E-state index in [1.54, 1.807) is 36.4 Å². The highest BCUT2D eigenvalue weighted by molar-refractivity contribution is 5.94. The Bertz CT molecular complexity index is 803. The molecule has 0 spiro atoms. The van der Waals surface area contributed by atoms with Crippen molar-refractivity contribution in [1.82, 2.24) is 15.1 Å². The van der Waals surface area contributed by atoms with Gasteiger partial charge in [-0.3, -0.25) is 9.59 Å². The molecule has 2 aliphatic rings. The molecule has 6 heteroatoms. The lowest BCUT2D eigenvalue weighted by Crippen LogP contribution is -2.27. The van der Waals surface area contributed by atoms with Crippen molar-refractivity contribution in [3.8, 4) is 5.69 Å². The van der Waals surface area contributed by atoms with Crippen LogP contribution in [0.2, 0.25) is 0 Å². The minimum absolute atomic E-state index is 0.0600. The standard InChI is InChI=1S/C18H20N4O2/c23-17-10-9-16(21-11-1-2-12-21)20-22(17)15-7-3-13(4-8-15)18(24)19-14-5-6-14/h3-4,7-10,14H,1-2,5-6,11-12H2,(H,19,24). The highest BCUT2D eigenvalue weighted by Crippen LogP contribution is 2.20. The maximum absolute atomic E-state index is 12.2. The Morgan fingerprint density at radius 2 is 1.75 bits per heavy atom. The van der Waals surface area contributed by atoms with Crippen molar-refractivity contribution in [2.24, 2.45) is 0 Å². The van der Waals surface area contributed by atoms with Gasteiger partial charge in [-0.15, -0.1) is 5.10 Å². The molecule has 0 atom stereocenters. The summed E-state index contributed by atoms with van der Waals surface area (Å²) in [5.41, 5.74) is 1.10. The predicted molar refractivity (Wildman–Crippen MR) is 91.8 cm³/mol. The number of aromatic nitrogens is 2. The van der Waals surface area contributed by atoms with Gasteiger partial charge in [0.2, 0.25) is 0 Å². The summed E-state index contributed by atoms with van der Waals surface area (Å²) in [5.74, 6) is 0.762. The third-order valence-electron chi connectivity index (χ3n) is 4.50. The summed E-state index contributed by atoms with van der Waals surface area (Å²) in [6.07, 6.45) is 4.44. The lowest BCUT2D eigenvalue weighted by molar-refractivity contribution is 0.0951. The van der Waals surface area contributed by atoms with Gasteiger partial charge in [-0.1, -0.05) is 0 Å². The van der Waals surface area contributed by atoms with E-state index in [1.807, 2.05) is 0 Å². The van der Waals surface area contributed by atoms with Crippen molar-refractivity contribution in [3.63, 3.8) is 0 Å². The van der Waals surface area contributed by atoms with Gasteiger partial charge in [0.15, 0.2) is 0 Å². The zero-order chi connectivity index (χ0) is 16.5. The molecule has 0 bridgehead atoms. The maximum atomic E-state index is 12.2. The molecule has 24 heavy (non-hydrogen) atoms. The van der Waals surface area contributed by atoms with Gasteiger partial charge in [0, 0.05) is 30.8 Å². The first-order chi connectivity index (χ1) is 11.7. The summed E-state index contributed by atoms with van der Waals surface area (Å²) in [4.78, 5) is 26.4. The van der Waals surface area contributed by atoms with Crippen LogP contribution < -0.4 is 15.8 Å². The van der Waals surface area contributed by atoms with Gasteiger partial charge in [0.05, 0.1) is 5.69 Å². The van der Waals surface area contributed by atoms with E-state index >= 15 is 0 Å². The fraction of sp³-hybridized carbons (Fsp3) is 0.389.